The molecule has 5 nitrogen and oxygen atoms in total. The summed E-state index contributed by atoms with van der Waals surface area (Å²) in [4.78, 5) is 0. The van der Waals surface area contributed by atoms with Crippen LogP contribution in [-0.2, 0) is 13.1 Å². The molecule has 0 amide bonds. The van der Waals surface area contributed by atoms with Gasteiger partial charge in [-0.25, -0.2) is 0 Å². The van der Waals surface area contributed by atoms with Gasteiger partial charge in [-0.1, -0.05) is 36.4 Å². The van der Waals surface area contributed by atoms with Gasteiger partial charge in [-0.05, 0) is 12.1 Å². The van der Waals surface area contributed by atoms with Crippen LogP contribution < -0.4 is 25.4 Å². The number of hydrogen-bond donors (Lipinski definition) is 3. The van der Waals surface area contributed by atoms with Crippen LogP contribution in [0.1, 0.15) is 11.1 Å². The van der Waals surface area contributed by atoms with Crippen molar-refractivity contribution < 1.29 is 9.47 Å². The van der Waals surface area contributed by atoms with Crippen molar-refractivity contribution in [2.24, 2.45) is 0 Å². The molecule has 3 rings (SSSR count). The molecule has 1 heterocycles. The SMILES string of the molecule is c1ccc2c(c1)CNCCNCc1ccccc1OCCNCCO2. The van der Waals surface area contributed by atoms with Crippen LogP contribution in [0.15, 0.2) is 48.5 Å². The molecule has 5 heteroatoms. The number of para-hydroxylation sites is 2. The molecule has 0 fully saturated rings. The summed E-state index contributed by atoms with van der Waals surface area (Å²) in [5, 5.41) is 10.3. The summed E-state index contributed by atoms with van der Waals surface area (Å²) in [5.41, 5.74) is 2.39. The fourth-order valence-electron chi connectivity index (χ4n) is 2.80. The van der Waals surface area contributed by atoms with Crippen molar-refractivity contribution in [3.63, 3.8) is 0 Å². The topological polar surface area (TPSA) is 54.5 Å². The summed E-state index contributed by atoms with van der Waals surface area (Å²) in [7, 11) is 0. The molecule has 1 aliphatic rings. The molecule has 0 bridgehead atoms. The predicted octanol–water partition coefficient (Wildman–Crippen LogP) is 1.93. The number of ether oxygens (including phenoxy) is 2. The van der Waals surface area contributed by atoms with Gasteiger partial charge in [0.05, 0.1) is 0 Å². The Morgan fingerprint density at radius 1 is 0.560 bits per heavy atom. The van der Waals surface area contributed by atoms with Crippen LogP contribution >= 0.6 is 0 Å². The highest BCUT2D eigenvalue weighted by Gasteiger charge is 2.05. The third-order valence-corrected chi connectivity index (χ3v) is 4.13. The van der Waals surface area contributed by atoms with Crippen molar-refractivity contribution in [2.75, 3.05) is 39.4 Å². The van der Waals surface area contributed by atoms with Crippen LogP contribution in [0.4, 0.5) is 0 Å². The molecule has 2 aromatic carbocycles. The molecular formula is C20H27N3O2. The highest BCUT2D eigenvalue weighted by molar-refractivity contribution is 5.34. The van der Waals surface area contributed by atoms with Crippen LogP contribution in [0.2, 0.25) is 0 Å². The monoisotopic (exact) mass is 341 g/mol. The molecule has 134 valence electrons. The molecule has 0 saturated heterocycles. The number of nitrogens with one attached hydrogen (secondary N) is 3. The standard InChI is InChI=1S/C20H27N3O2/c1-3-7-19-17(5-1)15-22-9-10-23-16-18-6-2-4-8-20(18)25-14-12-21-11-13-24-19/h1-8,21-23H,9-16H2. The maximum atomic E-state index is 5.91. The summed E-state index contributed by atoms with van der Waals surface area (Å²) in [6.07, 6.45) is 0. The average molecular weight is 341 g/mol. The second-order valence-corrected chi connectivity index (χ2v) is 6.02. The lowest BCUT2D eigenvalue weighted by molar-refractivity contribution is 0.286. The van der Waals surface area contributed by atoms with Crippen LogP contribution in [0, 0.1) is 0 Å². The van der Waals surface area contributed by atoms with E-state index in [4.69, 9.17) is 9.47 Å². The highest BCUT2D eigenvalue weighted by atomic mass is 16.5. The first-order valence-corrected chi connectivity index (χ1v) is 8.97. The van der Waals surface area contributed by atoms with E-state index in [0.29, 0.717) is 13.2 Å². The van der Waals surface area contributed by atoms with Gasteiger partial charge >= 0.3 is 0 Å². The molecule has 25 heavy (non-hydrogen) atoms. The van der Waals surface area contributed by atoms with E-state index >= 15 is 0 Å². The van der Waals surface area contributed by atoms with Crippen molar-refractivity contribution in [3.05, 3.63) is 59.7 Å². The third-order valence-electron chi connectivity index (χ3n) is 4.13. The Labute approximate surface area is 149 Å². The molecule has 0 radical (unpaired) electrons. The van der Waals surface area contributed by atoms with Gasteiger partial charge in [-0.2, -0.15) is 0 Å². The number of rotatable bonds is 0. The van der Waals surface area contributed by atoms with Crippen molar-refractivity contribution in [3.8, 4) is 11.5 Å². The zero-order valence-electron chi connectivity index (χ0n) is 14.6. The van der Waals surface area contributed by atoms with E-state index in [0.717, 1.165) is 50.8 Å². The minimum atomic E-state index is 0.648. The van der Waals surface area contributed by atoms with E-state index in [1.54, 1.807) is 0 Å². The Hall–Kier alpha value is -2.08. The third kappa shape index (κ3) is 5.74. The Balaban J connectivity index is 1.59. The molecular weight excluding hydrogens is 314 g/mol. The molecule has 0 saturated carbocycles. The minimum absolute atomic E-state index is 0.648. The van der Waals surface area contributed by atoms with Crippen molar-refractivity contribution in [2.45, 2.75) is 13.1 Å². The van der Waals surface area contributed by atoms with Gasteiger partial charge in [-0.15, -0.1) is 0 Å². The van der Waals surface area contributed by atoms with E-state index < -0.39 is 0 Å². The van der Waals surface area contributed by atoms with Crippen LogP contribution in [-0.4, -0.2) is 39.4 Å². The Morgan fingerprint density at radius 3 is 1.56 bits per heavy atom. The normalized spacial score (nSPS) is 17.3. The number of fused-ring (bicyclic) bond motifs is 2. The fraction of sp³-hybridized carbons (Fsp3) is 0.400. The van der Waals surface area contributed by atoms with Gasteiger partial charge < -0.3 is 25.4 Å². The van der Waals surface area contributed by atoms with E-state index in [2.05, 4.69) is 40.2 Å². The Bertz CT molecular complexity index is 593. The van der Waals surface area contributed by atoms with E-state index in [-0.39, 0.29) is 0 Å². The van der Waals surface area contributed by atoms with Gasteiger partial charge in [0.1, 0.15) is 24.7 Å². The van der Waals surface area contributed by atoms with Crippen molar-refractivity contribution in [1.29, 1.82) is 0 Å². The van der Waals surface area contributed by atoms with Crippen LogP contribution in [0.25, 0.3) is 0 Å². The molecule has 0 spiro atoms. The van der Waals surface area contributed by atoms with Gasteiger partial charge in [-0.3, -0.25) is 0 Å². The smallest absolute Gasteiger partial charge is 0.123 e. The fourth-order valence-corrected chi connectivity index (χ4v) is 2.80. The first-order valence-electron chi connectivity index (χ1n) is 8.97. The lowest BCUT2D eigenvalue weighted by atomic mass is 10.2. The summed E-state index contributed by atoms with van der Waals surface area (Å²) < 4.78 is 11.8. The zero-order valence-corrected chi connectivity index (χ0v) is 14.6. The highest BCUT2D eigenvalue weighted by Crippen LogP contribution is 2.18. The lowest BCUT2D eigenvalue weighted by Gasteiger charge is -2.12. The molecule has 0 atom stereocenters. The Morgan fingerprint density at radius 2 is 1.04 bits per heavy atom. The summed E-state index contributed by atoms with van der Waals surface area (Å²) in [5.74, 6) is 1.91. The maximum absolute atomic E-state index is 5.91. The predicted molar refractivity (Wildman–Crippen MR) is 100 cm³/mol. The van der Waals surface area contributed by atoms with Crippen molar-refractivity contribution in [1.82, 2.24) is 16.0 Å². The summed E-state index contributed by atoms with van der Waals surface area (Å²) >= 11 is 0. The second kappa shape index (κ2) is 10.0. The number of benzene rings is 2. The van der Waals surface area contributed by atoms with Gasteiger partial charge in [0.25, 0.3) is 0 Å². The molecule has 0 unspecified atom stereocenters. The minimum Gasteiger partial charge on any atom is -0.492 e. The molecule has 0 aliphatic carbocycles. The molecule has 1 aliphatic heterocycles. The molecule has 2 aromatic rings. The zero-order chi connectivity index (χ0) is 17.2. The molecule has 3 N–H and O–H groups in total. The average Bonchev–Trinajstić information content (AvgIpc) is 2.65. The Kier molecular flexibility index (Phi) is 7.12. The van der Waals surface area contributed by atoms with Gasteiger partial charge in [0, 0.05) is 50.4 Å². The summed E-state index contributed by atoms with van der Waals surface area (Å²) in [6.45, 7) is 6.32. The lowest BCUT2D eigenvalue weighted by Crippen LogP contribution is -2.27. The first kappa shape index (κ1) is 17.7. The van der Waals surface area contributed by atoms with Crippen LogP contribution in [0.3, 0.4) is 0 Å². The first-order chi connectivity index (χ1) is 12.4. The number of hydrogen-bond acceptors (Lipinski definition) is 5. The van der Waals surface area contributed by atoms with E-state index in [1.807, 2.05) is 24.3 Å². The van der Waals surface area contributed by atoms with Gasteiger partial charge in [0.15, 0.2) is 0 Å². The summed E-state index contributed by atoms with van der Waals surface area (Å²) in [6, 6.07) is 16.4. The second-order valence-electron chi connectivity index (χ2n) is 6.02. The van der Waals surface area contributed by atoms with Gasteiger partial charge in [0.2, 0.25) is 0 Å². The largest absolute Gasteiger partial charge is 0.492 e. The van der Waals surface area contributed by atoms with E-state index in [9.17, 15) is 0 Å². The van der Waals surface area contributed by atoms with Crippen molar-refractivity contribution >= 4 is 0 Å². The quantitative estimate of drug-likeness (QED) is 0.684. The molecule has 0 aromatic heterocycles. The van der Waals surface area contributed by atoms with E-state index in [1.165, 1.54) is 11.1 Å². The maximum Gasteiger partial charge on any atom is 0.123 e. The van der Waals surface area contributed by atoms with Crippen LogP contribution in [0.5, 0.6) is 11.5 Å².